The van der Waals surface area contributed by atoms with Crippen LogP contribution < -0.4 is 15.0 Å². The van der Waals surface area contributed by atoms with Crippen LogP contribution in [-0.4, -0.2) is 89.7 Å². The average molecular weight is 646 g/mol. The van der Waals surface area contributed by atoms with Crippen molar-refractivity contribution in [2.75, 3.05) is 51.3 Å². The number of rotatable bonds is 10. The van der Waals surface area contributed by atoms with Gasteiger partial charge in [-0.2, -0.15) is 15.2 Å². The summed E-state index contributed by atoms with van der Waals surface area (Å²) in [6, 6.07) is 18.2. The Labute approximate surface area is 284 Å². The lowest BCUT2D eigenvalue weighted by atomic mass is 9.50. The number of likely N-dealkylation sites (tertiary alicyclic amines) is 1. The first kappa shape index (κ1) is 31.3. The van der Waals surface area contributed by atoms with E-state index in [9.17, 15) is 10.1 Å². The average Bonchev–Trinajstić information content (AvgIpc) is 3.49. The highest BCUT2D eigenvalue weighted by atomic mass is 16.5. The van der Waals surface area contributed by atoms with E-state index in [1.807, 2.05) is 11.0 Å². The topological polar surface area (TPSA) is 97.6 Å². The molecule has 1 amide bonds. The molecule has 1 unspecified atom stereocenters. The smallest absolute Gasteiger partial charge is 0.318 e. The van der Waals surface area contributed by atoms with E-state index < -0.39 is 0 Å². The molecular formula is C39H47N7O2. The Kier molecular flexibility index (Phi) is 8.56. The fraction of sp³-hybridized carbons (Fsp3) is 0.538. The first-order valence-corrected chi connectivity index (χ1v) is 18.0. The Balaban J connectivity index is 1.03. The van der Waals surface area contributed by atoms with Crippen LogP contribution in [0.1, 0.15) is 67.7 Å². The number of nitriles is 1. The van der Waals surface area contributed by atoms with Crippen molar-refractivity contribution in [3.05, 3.63) is 71.4 Å². The number of piperazine rings is 1. The fourth-order valence-electron chi connectivity index (χ4n) is 8.98. The van der Waals surface area contributed by atoms with Crippen molar-refractivity contribution in [3.63, 3.8) is 0 Å². The summed E-state index contributed by atoms with van der Waals surface area (Å²) >= 11 is 0. The lowest BCUT2D eigenvalue weighted by molar-refractivity contribution is -0.128. The summed E-state index contributed by atoms with van der Waals surface area (Å²) in [5.41, 5.74) is 3.97. The summed E-state index contributed by atoms with van der Waals surface area (Å²) in [5, 5.41) is 16.0. The van der Waals surface area contributed by atoms with Crippen LogP contribution in [0, 0.1) is 17.2 Å². The zero-order valence-corrected chi connectivity index (χ0v) is 28.1. The van der Waals surface area contributed by atoms with Gasteiger partial charge in [0.2, 0.25) is 5.91 Å². The summed E-state index contributed by atoms with van der Waals surface area (Å²) in [7, 11) is 2.16. The van der Waals surface area contributed by atoms with Crippen LogP contribution in [0.2, 0.25) is 0 Å². The highest BCUT2D eigenvalue weighted by molar-refractivity contribution is 5.88. The second-order valence-electron chi connectivity index (χ2n) is 14.9. The lowest BCUT2D eigenvalue weighted by Crippen LogP contribution is -2.66. The number of nitrogens with one attached hydrogen (secondary N) is 1. The van der Waals surface area contributed by atoms with E-state index in [1.165, 1.54) is 47.6 Å². The quantitative estimate of drug-likeness (QED) is 0.308. The highest BCUT2D eigenvalue weighted by Crippen LogP contribution is 2.56. The fourth-order valence-corrected chi connectivity index (χ4v) is 8.98. The van der Waals surface area contributed by atoms with Gasteiger partial charge in [-0.3, -0.25) is 4.79 Å². The monoisotopic (exact) mass is 645 g/mol. The predicted molar refractivity (Wildman–Crippen MR) is 187 cm³/mol. The summed E-state index contributed by atoms with van der Waals surface area (Å²) in [4.78, 5) is 30.0. The van der Waals surface area contributed by atoms with Crippen LogP contribution >= 0.6 is 0 Å². The minimum Gasteiger partial charge on any atom is -0.462 e. The number of carbonyl (C=O) groups is 1. The maximum absolute atomic E-state index is 13.4. The van der Waals surface area contributed by atoms with E-state index in [1.54, 1.807) is 6.08 Å². The largest absolute Gasteiger partial charge is 0.462 e. The lowest BCUT2D eigenvalue weighted by Gasteiger charge is -2.62. The molecule has 48 heavy (non-hydrogen) atoms. The summed E-state index contributed by atoms with van der Waals surface area (Å²) in [6.45, 7) is 4.15. The first-order chi connectivity index (χ1) is 23.5. The standard InChI is InChI=1S/C39H47N7O2/c1-44-18-6-9-31(44)26-48-38-42-35-21-29(33-11-4-8-28-7-2-3-10-32(28)33)13-14-34(35)37(43-38)45-19-20-46(30(25-45)15-16-40)36(47)12-5-17-41-39-22-27(23-39)24-39/h2-5,7-8,10-12,27,29-31,41H,6,9,13-15,17-26H2,1H3/b12-5+/t27?,29?,30-,31-,39?/m0/s1. The maximum Gasteiger partial charge on any atom is 0.318 e. The zero-order valence-electron chi connectivity index (χ0n) is 28.1. The minimum atomic E-state index is -0.208. The van der Waals surface area contributed by atoms with Crippen LogP contribution in [0.3, 0.4) is 0 Å². The second kappa shape index (κ2) is 13.1. The molecule has 6 aliphatic rings. The number of fused-ring (bicyclic) bond motifs is 2. The molecule has 250 valence electrons. The summed E-state index contributed by atoms with van der Waals surface area (Å²) in [6.07, 6.45) is 12.8. The van der Waals surface area contributed by atoms with Gasteiger partial charge in [0, 0.05) is 49.4 Å². The van der Waals surface area contributed by atoms with Gasteiger partial charge in [0.1, 0.15) is 12.4 Å². The van der Waals surface area contributed by atoms with Crippen LogP contribution in [0.4, 0.5) is 5.82 Å². The van der Waals surface area contributed by atoms with Crippen molar-refractivity contribution in [3.8, 4) is 12.1 Å². The molecule has 0 spiro atoms. The number of aromatic nitrogens is 2. The molecule has 2 bridgehead atoms. The van der Waals surface area contributed by atoms with Crippen LogP contribution in [-0.2, 0) is 17.6 Å². The SMILES string of the molecule is CN1CCC[C@H]1COc1nc2c(c(N3CCN(C(=O)/C=C/CNC45CC(C4)C5)[C@@H](CC#N)C3)n1)CCC(c1cccc3ccccc13)C2. The van der Waals surface area contributed by atoms with E-state index in [2.05, 4.69) is 70.7 Å². The van der Waals surface area contributed by atoms with E-state index >= 15 is 0 Å². The number of hydrogen-bond donors (Lipinski definition) is 1. The van der Waals surface area contributed by atoms with Crippen molar-refractivity contribution in [1.29, 1.82) is 5.26 Å². The molecule has 3 aromatic rings. The predicted octanol–water partition coefficient (Wildman–Crippen LogP) is 5.00. The summed E-state index contributed by atoms with van der Waals surface area (Å²) in [5.74, 6) is 2.19. The third-order valence-corrected chi connectivity index (χ3v) is 11.9. The van der Waals surface area contributed by atoms with Gasteiger partial charge in [0.25, 0.3) is 0 Å². The molecule has 9 nitrogen and oxygen atoms in total. The van der Waals surface area contributed by atoms with Crippen molar-refractivity contribution in [2.45, 2.75) is 81.3 Å². The van der Waals surface area contributed by atoms with Crippen molar-refractivity contribution < 1.29 is 9.53 Å². The molecular weight excluding hydrogens is 598 g/mol. The second-order valence-corrected chi connectivity index (χ2v) is 14.9. The molecule has 5 fully saturated rings. The molecule has 9 heteroatoms. The maximum atomic E-state index is 13.4. The van der Waals surface area contributed by atoms with Gasteiger partial charge in [-0.1, -0.05) is 48.5 Å². The molecule has 2 aromatic carbocycles. The van der Waals surface area contributed by atoms with Crippen LogP contribution in [0.25, 0.3) is 10.8 Å². The molecule has 9 rings (SSSR count). The molecule has 0 radical (unpaired) electrons. The summed E-state index contributed by atoms with van der Waals surface area (Å²) < 4.78 is 6.37. The van der Waals surface area contributed by atoms with Gasteiger partial charge in [-0.25, -0.2) is 0 Å². The van der Waals surface area contributed by atoms with Crippen molar-refractivity contribution in [2.24, 2.45) is 5.92 Å². The Morgan fingerprint density at radius 3 is 2.73 bits per heavy atom. The molecule has 4 aliphatic carbocycles. The number of carbonyl (C=O) groups excluding carboxylic acids is 1. The number of anilines is 1. The molecule has 1 aromatic heterocycles. The third-order valence-electron chi connectivity index (χ3n) is 11.9. The van der Waals surface area contributed by atoms with E-state index in [4.69, 9.17) is 14.7 Å². The number of likely N-dealkylation sites (N-methyl/N-ethyl adjacent to an activating group) is 1. The van der Waals surface area contributed by atoms with Crippen molar-refractivity contribution in [1.82, 2.24) is 25.1 Å². The van der Waals surface area contributed by atoms with Gasteiger partial charge in [0.05, 0.1) is 24.2 Å². The first-order valence-electron chi connectivity index (χ1n) is 18.0. The Morgan fingerprint density at radius 1 is 1.08 bits per heavy atom. The Morgan fingerprint density at radius 2 is 1.94 bits per heavy atom. The molecule has 2 saturated heterocycles. The molecule has 1 N–H and O–H groups in total. The van der Waals surface area contributed by atoms with E-state index in [0.717, 1.165) is 49.7 Å². The van der Waals surface area contributed by atoms with E-state index in [0.29, 0.717) is 56.3 Å². The Hall–Kier alpha value is -4.00. The minimum absolute atomic E-state index is 0.0124. The van der Waals surface area contributed by atoms with Crippen molar-refractivity contribution >= 4 is 22.5 Å². The van der Waals surface area contributed by atoms with Gasteiger partial charge in [-0.15, -0.1) is 0 Å². The number of hydrogen-bond acceptors (Lipinski definition) is 8. The molecule has 3 saturated carbocycles. The highest BCUT2D eigenvalue weighted by Gasteiger charge is 2.55. The third kappa shape index (κ3) is 6.05. The van der Waals surface area contributed by atoms with Gasteiger partial charge in [0.15, 0.2) is 0 Å². The number of amides is 1. The number of ether oxygens (including phenoxy) is 1. The molecule has 3 atom stereocenters. The van der Waals surface area contributed by atoms with Gasteiger partial charge >= 0.3 is 6.01 Å². The Bertz CT molecular complexity index is 1730. The molecule has 2 aliphatic heterocycles. The molecule has 3 heterocycles. The van der Waals surface area contributed by atoms with E-state index in [-0.39, 0.29) is 18.4 Å². The van der Waals surface area contributed by atoms with Crippen LogP contribution in [0.15, 0.2) is 54.6 Å². The van der Waals surface area contributed by atoms with Gasteiger partial charge in [-0.05, 0) is 93.1 Å². The number of benzene rings is 2. The number of nitrogens with zero attached hydrogens (tertiary/aromatic N) is 6. The van der Waals surface area contributed by atoms with Crippen LogP contribution in [0.5, 0.6) is 6.01 Å². The normalized spacial score (nSPS) is 28.2. The zero-order chi connectivity index (χ0) is 32.7. The van der Waals surface area contributed by atoms with Gasteiger partial charge < -0.3 is 24.8 Å².